The minimum atomic E-state index is -4.83. The van der Waals surface area contributed by atoms with Crippen molar-refractivity contribution in [3.63, 3.8) is 0 Å². The van der Waals surface area contributed by atoms with Crippen LogP contribution in [-0.2, 0) is 12.7 Å². The van der Waals surface area contributed by atoms with E-state index in [1.807, 2.05) is 0 Å². The smallest absolute Gasteiger partial charge is 0.326 e. The second kappa shape index (κ2) is 4.39. The summed E-state index contributed by atoms with van der Waals surface area (Å²) in [5, 5.41) is 19.1. The van der Waals surface area contributed by atoms with Gasteiger partial charge >= 0.3 is 6.18 Å². The fourth-order valence-electron chi connectivity index (χ4n) is 1.31. The van der Waals surface area contributed by atoms with Gasteiger partial charge in [0.1, 0.15) is 6.07 Å². The second-order valence-corrected chi connectivity index (χ2v) is 3.10. The summed E-state index contributed by atoms with van der Waals surface area (Å²) >= 11 is 0. The molecular formula is C9H6F3N3O2. The lowest BCUT2D eigenvalue weighted by Crippen LogP contribution is -2.12. The van der Waals surface area contributed by atoms with Gasteiger partial charge in [0, 0.05) is 18.7 Å². The van der Waals surface area contributed by atoms with Crippen molar-refractivity contribution in [2.45, 2.75) is 12.7 Å². The largest absolute Gasteiger partial charge is 0.417 e. The number of rotatable bonds is 2. The molecule has 1 rings (SSSR count). The van der Waals surface area contributed by atoms with Crippen molar-refractivity contribution in [3.05, 3.63) is 38.9 Å². The van der Waals surface area contributed by atoms with Crippen molar-refractivity contribution in [2.24, 2.45) is 5.73 Å². The Bertz CT molecular complexity index is 505. The van der Waals surface area contributed by atoms with E-state index < -0.39 is 27.9 Å². The second-order valence-electron chi connectivity index (χ2n) is 3.10. The lowest BCUT2D eigenvalue weighted by Gasteiger charge is -2.11. The Hall–Kier alpha value is -2.14. The lowest BCUT2D eigenvalue weighted by molar-refractivity contribution is -0.385. The van der Waals surface area contributed by atoms with Gasteiger partial charge < -0.3 is 5.73 Å². The molecule has 0 bridgehead atoms. The normalized spacial score (nSPS) is 11.0. The van der Waals surface area contributed by atoms with Crippen LogP contribution in [0.3, 0.4) is 0 Å². The van der Waals surface area contributed by atoms with Crippen LogP contribution in [-0.4, -0.2) is 4.92 Å². The maximum atomic E-state index is 12.6. The molecule has 0 spiro atoms. The third-order valence-electron chi connectivity index (χ3n) is 2.05. The van der Waals surface area contributed by atoms with Crippen LogP contribution in [0.4, 0.5) is 18.9 Å². The Morgan fingerprint density at radius 3 is 2.41 bits per heavy atom. The number of halogens is 3. The van der Waals surface area contributed by atoms with Crippen LogP contribution in [0.2, 0.25) is 0 Å². The van der Waals surface area contributed by atoms with E-state index in [1.54, 1.807) is 0 Å². The van der Waals surface area contributed by atoms with Gasteiger partial charge in [-0.15, -0.1) is 0 Å². The number of benzene rings is 1. The fraction of sp³-hybridized carbons (Fsp3) is 0.222. The molecule has 5 nitrogen and oxygen atoms in total. The lowest BCUT2D eigenvalue weighted by atomic mass is 10.0. The molecule has 0 atom stereocenters. The zero-order valence-electron chi connectivity index (χ0n) is 8.28. The summed E-state index contributed by atoms with van der Waals surface area (Å²) in [6, 6.07) is 2.57. The summed E-state index contributed by atoms with van der Waals surface area (Å²) in [7, 11) is 0. The van der Waals surface area contributed by atoms with E-state index in [1.165, 1.54) is 6.07 Å². The molecule has 0 aliphatic carbocycles. The standard InChI is InChI=1S/C9H6F3N3O2/c10-9(11,12)8-2-6(15(16)17)1-5(3-13)7(8)4-14/h1-2H,3,13H2. The fourth-order valence-corrected chi connectivity index (χ4v) is 1.31. The highest BCUT2D eigenvalue weighted by atomic mass is 19.4. The Balaban J connectivity index is 3.61. The maximum Gasteiger partial charge on any atom is 0.417 e. The zero-order chi connectivity index (χ0) is 13.2. The van der Waals surface area contributed by atoms with E-state index in [4.69, 9.17) is 11.0 Å². The highest BCUT2D eigenvalue weighted by molar-refractivity contribution is 5.52. The number of hydrogen-bond acceptors (Lipinski definition) is 4. The first-order chi connectivity index (χ1) is 7.81. The topological polar surface area (TPSA) is 93.0 Å². The van der Waals surface area contributed by atoms with Gasteiger partial charge in [-0.05, 0) is 5.56 Å². The average Bonchev–Trinajstić information content (AvgIpc) is 2.25. The van der Waals surface area contributed by atoms with Gasteiger partial charge in [-0.3, -0.25) is 10.1 Å². The molecule has 0 aliphatic heterocycles. The van der Waals surface area contributed by atoms with Crippen LogP contribution < -0.4 is 5.73 Å². The van der Waals surface area contributed by atoms with Crippen molar-refractivity contribution in [1.29, 1.82) is 5.26 Å². The monoisotopic (exact) mass is 245 g/mol. The van der Waals surface area contributed by atoms with E-state index in [2.05, 4.69) is 0 Å². The molecule has 0 saturated heterocycles. The number of alkyl halides is 3. The molecule has 8 heteroatoms. The zero-order valence-corrected chi connectivity index (χ0v) is 8.28. The van der Waals surface area contributed by atoms with Crippen molar-refractivity contribution in [3.8, 4) is 6.07 Å². The third kappa shape index (κ3) is 2.51. The van der Waals surface area contributed by atoms with Gasteiger partial charge in [-0.2, -0.15) is 18.4 Å². The molecule has 0 aromatic heterocycles. The van der Waals surface area contributed by atoms with Crippen LogP contribution in [0.1, 0.15) is 16.7 Å². The maximum absolute atomic E-state index is 12.6. The molecule has 2 N–H and O–H groups in total. The van der Waals surface area contributed by atoms with Gasteiger partial charge in [-0.1, -0.05) is 0 Å². The van der Waals surface area contributed by atoms with E-state index in [9.17, 15) is 23.3 Å². The van der Waals surface area contributed by atoms with E-state index in [0.717, 1.165) is 6.07 Å². The number of hydrogen-bond donors (Lipinski definition) is 1. The Kier molecular flexibility index (Phi) is 3.34. The number of nitro benzene ring substituents is 1. The first kappa shape index (κ1) is 12.9. The average molecular weight is 245 g/mol. The SMILES string of the molecule is N#Cc1c(CN)cc([N+](=O)[O-])cc1C(F)(F)F. The predicted molar refractivity (Wildman–Crippen MR) is 50.7 cm³/mol. The van der Waals surface area contributed by atoms with E-state index >= 15 is 0 Å². The van der Waals surface area contributed by atoms with Gasteiger partial charge in [0.05, 0.1) is 16.1 Å². The first-order valence-electron chi connectivity index (χ1n) is 4.30. The molecule has 1 aromatic carbocycles. The van der Waals surface area contributed by atoms with Crippen molar-refractivity contribution < 1.29 is 18.1 Å². The predicted octanol–water partition coefficient (Wildman–Crippen LogP) is 1.94. The minimum Gasteiger partial charge on any atom is -0.326 e. The molecule has 0 amide bonds. The molecule has 0 saturated carbocycles. The summed E-state index contributed by atoms with van der Waals surface area (Å²) in [6.07, 6.45) is -4.83. The molecule has 0 fully saturated rings. The molecular weight excluding hydrogens is 239 g/mol. The highest BCUT2D eigenvalue weighted by Gasteiger charge is 2.36. The van der Waals surface area contributed by atoms with E-state index in [0.29, 0.717) is 6.07 Å². The summed E-state index contributed by atoms with van der Waals surface area (Å²) < 4.78 is 37.7. The van der Waals surface area contributed by atoms with Crippen LogP contribution in [0.25, 0.3) is 0 Å². The van der Waals surface area contributed by atoms with Gasteiger partial charge in [0.25, 0.3) is 5.69 Å². The van der Waals surface area contributed by atoms with Crippen LogP contribution in [0, 0.1) is 21.4 Å². The number of nitrogens with zero attached hydrogens (tertiary/aromatic N) is 2. The highest BCUT2D eigenvalue weighted by Crippen LogP contribution is 2.35. The number of nitro groups is 1. The molecule has 90 valence electrons. The van der Waals surface area contributed by atoms with Gasteiger partial charge in [0.2, 0.25) is 0 Å². The van der Waals surface area contributed by atoms with Crippen molar-refractivity contribution in [2.75, 3.05) is 0 Å². The summed E-state index contributed by atoms with van der Waals surface area (Å²) in [5.74, 6) is 0. The van der Waals surface area contributed by atoms with Gasteiger partial charge in [-0.25, -0.2) is 0 Å². The van der Waals surface area contributed by atoms with Crippen LogP contribution >= 0.6 is 0 Å². The molecule has 0 radical (unpaired) electrons. The molecule has 0 heterocycles. The van der Waals surface area contributed by atoms with Crippen LogP contribution in [0.5, 0.6) is 0 Å². The number of non-ortho nitro benzene ring substituents is 1. The van der Waals surface area contributed by atoms with Crippen LogP contribution in [0.15, 0.2) is 12.1 Å². The molecule has 1 aromatic rings. The summed E-state index contributed by atoms with van der Waals surface area (Å²) in [6.45, 7) is -0.381. The Morgan fingerprint density at radius 1 is 1.47 bits per heavy atom. The molecule has 17 heavy (non-hydrogen) atoms. The number of nitrogens with two attached hydrogens (primary N) is 1. The molecule has 0 aliphatic rings. The number of nitriles is 1. The minimum absolute atomic E-state index is 0.200. The first-order valence-corrected chi connectivity index (χ1v) is 4.30. The van der Waals surface area contributed by atoms with Gasteiger partial charge in [0.15, 0.2) is 0 Å². The summed E-state index contributed by atoms with van der Waals surface area (Å²) in [4.78, 5) is 9.50. The Morgan fingerprint density at radius 2 is 2.06 bits per heavy atom. The molecule has 0 unspecified atom stereocenters. The third-order valence-corrected chi connectivity index (χ3v) is 2.05. The Labute approximate surface area is 93.4 Å². The van der Waals surface area contributed by atoms with Crippen molar-refractivity contribution >= 4 is 5.69 Å². The van der Waals surface area contributed by atoms with E-state index in [-0.39, 0.29) is 12.1 Å². The quantitative estimate of drug-likeness (QED) is 0.636. The summed E-state index contributed by atoms with van der Waals surface area (Å²) in [5.41, 5.74) is 2.21. The van der Waals surface area contributed by atoms with Crippen molar-refractivity contribution in [1.82, 2.24) is 0 Å².